The van der Waals surface area contributed by atoms with Crippen LogP contribution in [0.25, 0.3) is 0 Å². The van der Waals surface area contributed by atoms with Gasteiger partial charge in [0.15, 0.2) is 0 Å². The van der Waals surface area contributed by atoms with Gasteiger partial charge in [-0.1, -0.05) is 43.2 Å². The average Bonchev–Trinajstić information content (AvgIpc) is 3.37. The molecule has 0 heterocycles. The van der Waals surface area contributed by atoms with Crippen LogP contribution in [0.3, 0.4) is 0 Å². The number of benzene rings is 3. The average molecular weight is 520 g/mol. The normalized spacial score (nSPS) is 14.5. The Morgan fingerprint density at radius 1 is 0.972 bits per heavy atom. The number of halogens is 3. The first-order chi connectivity index (χ1) is 17.1. The van der Waals surface area contributed by atoms with Gasteiger partial charge in [-0.3, -0.25) is 4.31 Å². The Labute approximate surface area is 207 Å². The van der Waals surface area contributed by atoms with E-state index >= 15 is 0 Å². The lowest BCUT2D eigenvalue weighted by Crippen LogP contribution is -2.39. The van der Waals surface area contributed by atoms with Crippen LogP contribution in [0.15, 0.2) is 77.7 Å². The second kappa shape index (κ2) is 10.2. The van der Waals surface area contributed by atoms with Crippen molar-refractivity contribution in [3.63, 3.8) is 0 Å². The lowest BCUT2D eigenvalue weighted by atomic mass is 10.1. The van der Waals surface area contributed by atoms with Crippen molar-refractivity contribution in [2.45, 2.75) is 49.4 Å². The third kappa shape index (κ3) is 5.48. The highest BCUT2D eigenvalue weighted by Crippen LogP contribution is 2.42. The van der Waals surface area contributed by atoms with Gasteiger partial charge < -0.3 is 9.84 Å². The second-order valence-corrected chi connectivity index (χ2v) is 10.3. The van der Waals surface area contributed by atoms with Gasteiger partial charge in [0.2, 0.25) is 0 Å². The minimum atomic E-state index is -4.66. The summed E-state index contributed by atoms with van der Waals surface area (Å²) in [5.74, 6) is -1.33. The first kappa shape index (κ1) is 25.6. The highest BCUT2D eigenvalue weighted by Gasteiger charge is 2.37. The summed E-state index contributed by atoms with van der Waals surface area (Å²) >= 11 is 0. The van der Waals surface area contributed by atoms with E-state index in [4.69, 9.17) is 9.84 Å². The number of alkyl halides is 3. The Hall–Kier alpha value is -3.53. The van der Waals surface area contributed by atoms with E-state index in [9.17, 15) is 26.4 Å². The number of hydrogen-bond acceptors (Lipinski definition) is 4. The van der Waals surface area contributed by atoms with Gasteiger partial charge in [0.1, 0.15) is 12.4 Å². The first-order valence-electron chi connectivity index (χ1n) is 11.3. The van der Waals surface area contributed by atoms with Crippen molar-refractivity contribution in [1.82, 2.24) is 0 Å². The lowest BCUT2D eigenvalue weighted by molar-refractivity contribution is -0.137. The molecule has 36 heavy (non-hydrogen) atoms. The number of ether oxygens (including phenoxy) is 1. The summed E-state index contributed by atoms with van der Waals surface area (Å²) < 4.78 is 75.0. The maximum Gasteiger partial charge on any atom is 0.416 e. The molecule has 6 nitrogen and oxygen atoms in total. The molecule has 0 atom stereocenters. The van der Waals surface area contributed by atoms with E-state index in [1.54, 1.807) is 18.2 Å². The molecule has 4 rings (SSSR count). The maximum atomic E-state index is 13.7. The summed E-state index contributed by atoms with van der Waals surface area (Å²) in [7, 11) is -4.10. The standard InChI is InChI=1S/C26H24F3NO5S/c27-26(28,29)20-14-15-23(24(16-20)35-17-18-10-12-19(13-11-18)25(31)32)30(21-6-4-5-7-21)36(33,34)22-8-2-1-3-9-22/h1-3,8-16,21H,4-7,17H2,(H,31,32). The molecule has 190 valence electrons. The molecule has 1 N–H and O–H groups in total. The molecule has 3 aromatic rings. The number of carbonyl (C=O) groups is 1. The van der Waals surface area contributed by atoms with Crippen LogP contribution in [0.1, 0.15) is 47.2 Å². The molecule has 0 radical (unpaired) electrons. The molecule has 0 aromatic heterocycles. The number of nitrogens with zero attached hydrogens (tertiary/aromatic N) is 1. The smallest absolute Gasteiger partial charge is 0.416 e. The SMILES string of the molecule is O=C(O)c1ccc(COc2cc(C(F)(F)F)ccc2N(C2CCCC2)S(=O)(=O)c2ccccc2)cc1. The molecule has 0 aliphatic heterocycles. The molecule has 1 aliphatic rings. The monoisotopic (exact) mass is 519 g/mol. The Morgan fingerprint density at radius 2 is 1.61 bits per heavy atom. The molecule has 0 amide bonds. The van der Waals surface area contributed by atoms with Gasteiger partial charge >= 0.3 is 12.1 Å². The molecule has 3 aromatic carbocycles. The third-order valence-corrected chi connectivity index (χ3v) is 7.96. The van der Waals surface area contributed by atoms with Crippen molar-refractivity contribution in [2.75, 3.05) is 4.31 Å². The van der Waals surface area contributed by atoms with Crippen LogP contribution in [0, 0.1) is 0 Å². The van der Waals surface area contributed by atoms with Crippen LogP contribution in [-0.4, -0.2) is 25.5 Å². The third-order valence-electron chi connectivity index (χ3n) is 6.08. The van der Waals surface area contributed by atoms with Crippen LogP contribution >= 0.6 is 0 Å². The largest absolute Gasteiger partial charge is 0.487 e. The Balaban J connectivity index is 1.77. The number of anilines is 1. The summed E-state index contributed by atoms with van der Waals surface area (Å²) in [5, 5.41) is 9.06. The van der Waals surface area contributed by atoms with Gasteiger partial charge in [-0.25, -0.2) is 13.2 Å². The van der Waals surface area contributed by atoms with Crippen molar-refractivity contribution < 1.29 is 36.2 Å². The van der Waals surface area contributed by atoms with E-state index in [1.165, 1.54) is 40.7 Å². The van der Waals surface area contributed by atoms with Crippen LogP contribution in [0.4, 0.5) is 18.9 Å². The summed E-state index contributed by atoms with van der Waals surface area (Å²) in [5.41, 5.74) is -0.367. The van der Waals surface area contributed by atoms with Gasteiger partial charge in [0.05, 0.1) is 21.7 Å². The maximum absolute atomic E-state index is 13.7. The molecule has 0 bridgehead atoms. The highest BCUT2D eigenvalue weighted by atomic mass is 32.2. The predicted octanol–water partition coefficient (Wildman–Crippen LogP) is 6.12. The Kier molecular flexibility index (Phi) is 7.26. The predicted molar refractivity (Wildman–Crippen MR) is 128 cm³/mol. The van der Waals surface area contributed by atoms with Gasteiger partial charge in [-0.05, 0) is 60.9 Å². The molecule has 0 unspecified atom stereocenters. The molecule has 0 spiro atoms. The summed E-state index contributed by atoms with van der Waals surface area (Å²) in [4.78, 5) is 11.1. The molecule has 1 fully saturated rings. The summed E-state index contributed by atoms with van der Waals surface area (Å²) in [6.45, 7) is -0.182. The topological polar surface area (TPSA) is 83.9 Å². The number of sulfonamides is 1. The van der Waals surface area contributed by atoms with E-state index in [0.29, 0.717) is 18.4 Å². The van der Waals surface area contributed by atoms with Crippen molar-refractivity contribution in [1.29, 1.82) is 0 Å². The fraction of sp³-hybridized carbons (Fsp3) is 0.269. The second-order valence-electron chi connectivity index (χ2n) is 8.52. The first-order valence-corrected chi connectivity index (χ1v) is 12.8. The van der Waals surface area contributed by atoms with Crippen molar-refractivity contribution in [3.05, 3.63) is 89.5 Å². The van der Waals surface area contributed by atoms with E-state index in [2.05, 4.69) is 0 Å². The highest BCUT2D eigenvalue weighted by molar-refractivity contribution is 7.92. The number of hydrogen-bond donors (Lipinski definition) is 1. The fourth-order valence-electron chi connectivity index (χ4n) is 4.26. The molecular formula is C26H24F3NO5S. The van der Waals surface area contributed by atoms with Gasteiger partial charge in [0.25, 0.3) is 10.0 Å². The Morgan fingerprint density at radius 3 is 2.19 bits per heavy atom. The van der Waals surface area contributed by atoms with Crippen LogP contribution in [0.2, 0.25) is 0 Å². The van der Waals surface area contributed by atoms with E-state index in [-0.39, 0.29) is 28.5 Å². The lowest BCUT2D eigenvalue weighted by Gasteiger charge is -2.32. The quantitative estimate of drug-likeness (QED) is 0.388. The molecule has 10 heteroatoms. The van der Waals surface area contributed by atoms with Crippen LogP contribution in [-0.2, 0) is 22.8 Å². The fourth-order valence-corrected chi connectivity index (χ4v) is 6.00. The number of carboxylic acids is 1. The van der Waals surface area contributed by atoms with E-state index < -0.39 is 33.8 Å². The van der Waals surface area contributed by atoms with Crippen molar-refractivity contribution in [2.24, 2.45) is 0 Å². The van der Waals surface area contributed by atoms with Gasteiger partial charge in [-0.2, -0.15) is 13.2 Å². The zero-order chi connectivity index (χ0) is 25.9. The van der Waals surface area contributed by atoms with Crippen LogP contribution in [0.5, 0.6) is 5.75 Å². The number of carboxylic acid groups (broad SMARTS) is 1. The minimum Gasteiger partial charge on any atom is -0.487 e. The van der Waals surface area contributed by atoms with Crippen LogP contribution < -0.4 is 9.04 Å². The molecular weight excluding hydrogens is 495 g/mol. The van der Waals surface area contributed by atoms with Gasteiger partial charge in [0, 0.05) is 6.04 Å². The number of rotatable bonds is 8. The van der Waals surface area contributed by atoms with Crippen molar-refractivity contribution >= 4 is 21.7 Å². The molecule has 1 saturated carbocycles. The van der Waals surface area contributed by atoms with E-state index in [0.717, 1.165) is 31.0 Å². The van der Waals surface area contributed by atoms with Gasteiger partial charge in [-0.15, -0.1) is 0 Å². The molecule has 1 aliphatic carbocycles. The summed E-state index contributed by atoms with van der Waals surface area (Å²) in [6, 6.07) is 15.8. The summed E-state index contributed by atoms with van der Waals surface area (Å²) in [6.07, 6.45) is -1.90. The number of aromatic carboxylic acids is 1. The van der Waals surface area contributed by atoms with Crippen molar-refractivity contribution in [3.8, 4) is 5.75 Å². The Bertz CT molecular complexity index is 1320. The molecule has 0 saturated heterocycles. The van der Waals surface area contributed by atoms with E-state index in [1.807, 2.05) is 0 Å². The zero-order valence-corrected chi connectivity index (χ0v) is 19.9. The zero-order valence-electron chi connectivity index (χ0n) is 19.1. The minimum absolute atomic E-state index is 0.0286.